The molecular formula is C17H28N2O2. The van der Waals surface area contributed by atoms with Gasteiger partial charge in [0.25, 0.3) is 0 Å². The van der Waals surface area contributed by atoms with E-state index >= 15 is 0 Å². The van der Waals surface area contributed by atoms with E-state index in [0.29, 0.717) is 6.54 Å². The lowest BCUT2D eigenvalue weighted by atomic mass is 10.0. The highest BCUT2D eigenvalue weighted by Gasteiger charge is 2.18. The molecule has 1 amide bonds. The molecular weight excluding hydrogens is 264 g/mol. The smallest absolute Gasteiger partial charge is 0.222 e. The van der Waals surface area contributed by atoms with Crippen molar-refractivity contribution in [1.82, 2.24) is 10.2 Å². The van der Waals surface area contributed by atoms with Crippen molar-refractivity contribution in [2.45, 2.75) is 39.3 Å². The second-order valence-electron chi connectivity index (χ2n) is 6.21. The van der Waals surface area contributed by atoms with Gasteiger partial charge in [-0.15, -0.1) is 0 Å². The molecule has 1 aromatic rings. The molecule has 118 valence electrons. The molecule has 0 fully saturated rings. The molecule has 4 heteroatoms. The van der Waals surface area contributed by atoms with Crippen LogP contribution in [0.4, 0.5) is 0 Å². The molecule has 0 aliphatic rings. The van der Waals surface area contributed by atoms with E-state index in [0.717, 1.165) is 0 Å². The van der Waals surface area contributed by atoms with Crippen LogP contribution in [-0.4, -0.2) is 42.7 Å². The number of nitrogens with one attached hydrogen (secondary N) is 1. The third-order valence-electron chi connectivity index (χ3n) is 3.74. The second-order valence-corrected chi connectivity index (χ2v) is 6.21. The van der Waals surface area contributed by atoms with Crippen molar-refractivity contribution in [3.8, 4) is 0 Å². The van der Waals surface area contributed by atoms with Gasteiger partial charge in [-0.05, 0) is 32.5 Å². The third-order valence-corrected chi connectivity index (χ3v) is 3.74. The first kappa shape index (κ1) is 17.7. The Morgan fingerprint density at radius 3 is 2.29 bits per heavy atom. The number of hydrogen-bond donors (Lipinski definition) is 2. The van der Waals surface area contributed by atoms with Gasteiger partial charge >= 0.3 is 0 Å². The number of aliphatic hydroxyl groups is 1. The average molecular weight is 292 g/mol. The minimum Gasteiger partial charge on any atom is -0.392 e. The molecule has 2 N–H and O–H groups in total. The number of aryl methyl sites for hydroxylation is 1. The summed E-state index contributed by atoms with van der Waals surface area (Å²) in [6, 6.07) is 8.47. The predicted molar refractivity (Wildman–Crippen MR) is 86.1 cm³/mol. The predicted octanol–water partition coefficient (Wildman–Crippen LogP) is 2.12. The Morgan fingerprint density at radius 1 is 1.24 bits per heavy atom. The van der Waals surface area contributed by atoms with E-state index < -0.39 is 6.10 Å². The number of aliphatic hydroxyl groups excluding tert-OH is 1. The minimum absolute atomic E-state index is 0.0949. The normalized spacial score (nSPS) is 14.3. The quantitative estimate of drug-likeness (QED) is 0.809. The van der Waals surface area contributed by atoms with Crippen LogP contribution < -0.4 is 5.32 Å². The van der Waals surface area contributed by atoms with Crippen LogP contribution in [-0.2, 0) is 4.79 Å². The van der Waals surface area contributed by atoms with Crippen molar-refractivity contribution in [3.63, 3.8) is 0 Å². The van der Waals surface area contributed by atoms with Gasteiger partial charge in [-0.1, -0.05) is 43.7 Å². The first-order chi connectivity index (χ1) is 9.81. The number of amides is 1. The number of nitrogens with zero attached hydrogens (tertiary/aromatic N) is 1. The Balaban J connectivity index is 2.60. The monoisotopic (exact) mass is 292 g/mol. The number of carbonyl (C=O) groups excluding carboxylic acids is 1. The molecule has 0 spiro atoms. The summed E-state index contributed by atoms with van der Waals surface area (Å²) in [7, 11) is 4.00. The maximum Gasteiger partial charge on any atom is 0.222 e. The third kappa shape index (κ3) is 5.86. The first-order valence-corrected chi connectivity index (χ1v) is 7.49. The molecule has 2 atom stereocenters. The van der Waals surface area contributed by atoms with Crippen molar-refractivity contribution >= 4 is 5.91 Å². The summed E-state index contributed by atoms with van der Waals surface area (Å²) in [6.07, 6.45) is -0.423. The lowest BCUT2D eigenvalue weighted by Crippen LogP contribution is -2.36. The van der Waals surface area contributed by atoms with Crippen molar-refractivity contribution in [1.29, 1.82) is 0 Å². The van der Waals surface area contributed by atoms with E-state index in [4.69, 9.17) is 0 Å². The van der Waals surface area contributed by atoms with Crippen molar-refractivity contribution in [3.05, 3.63) is 35.4 Å². The van der Waals surface area contributed by atoms with Crippen LogP contribution in [0.2, 0.25) is 0 Å². The van der Waals surface area contributed by atoms with E-state index in [-0.39, 0.29) is 24.3 Å². The molecule has 4 nitrogen and oxygen atoms in total. The maximum atomic E-state index is 11.9. The summed E-state index contributed by atoms with van der Waals surface area (Å²) >= 11 is 0. The molecule has 0 aliphatic heterocycles. The molecule has 2 unspecified atom stereocenters. The van der Waals surface area contributed by atoms with E-state index in [1.807, 2.05) is 27.9 Å². The van der Waals surface area contributed by atoms with Gasteiger partial charge in [0, 0.05) is 6.54 Å². The highest BCUT2D eigenvalue weighted by Crippen LogP contribution is 2.18. The molecule has 0 aliphatic carbocycles. The topological polar surface area (TPSA) is 52.6 Å². The standard InChI is InChI=1S/C17H28N2O2/c1-12(2)16(20)10-17(21)18-11-15(19(4)5)14-8-6-13(3)7-9-14/h6-9,12,15-16,20H,10-11H2,1-5H3,(H,18,21). The van der Waals surface area contributed by atoms with Crippen LogP contribution >= 0.6 is 0 Å². The Bertz CT molecular complexity index is 441. The number of rotatable bonds is 7. The number of benzene rings is 1. The zero-order valence-electron chi connectivity index (χ0n) is 13.8. The lowest BCUT2D eigenvalue weighted by molar-refractivity contribution is -0.123. The average Bonchev–Trinajstić information content (AvgIpc) is 2.40. The van der Waals surface area contributed by atoms with Gasteiger partial charge in [-0.3, -0.25) is 4.79 Å². The molecule has 0 saturated heterocycles. The fourth-order valence-electron chi connectivity index (χ4n) is 2.10. The van der Waals surface area contributed by atoms with Gasteiger partial charge in [0.15, 0.2) is 0 Å². The summed E-state index contributed by atoms with van der Waals surface area (Å²) in [4.78, 5) is 14.0. The highest BCUT2D eigenvalue weighted by atomic mass is 16.3. The SMILES string of the molecule is Cc1ccc(C(CNC(=O)CC(O)C(C)C)N(C)C)cc1. The molecule has 1 rings (SSSR count). The Labute approximate surface area is 128 Å². The summed E-state index contributed by atoms with van der Waals surface area (Å²) in [5.74, 6) is -0.00680. The Kier molecular flexibility index (Phi) is 6.85. The second kappa shape index (κ2) is 8.15. The van der Waals surface area contributed by atoms with Crippen LogP contribution in [0, 0.1) is 12.8 Å². The molecule has 0 saturated carbocycles. The van der Waals surface area contributed by atoms with Gasteiger partial charge < -0.3 is 15.3 Å². The van der Waals surface area contributed by atoms with Crippen molar-refractivity contribution in [2.24, 2.45) is 5.92 Å². The zero-order chi connectivity index (χ0) is 16.0. The van der Waals surface area contributed by atoms with Crippen LogP contribution in [0.15, 0.2) is 24.3 Å². The van der Waals surface area contributed by atoms with Gasteiger partial charge in [0.1, 0.15) is 0 Å². The van der Waals surface area contributed by atoms with Crippen molar-refractivity contribution in [2.75, 3.05) is 20.6 Å². The lowest BCUT2D eigenvalue weighted by Gasteiger charge is -2.25. The fourth-order valence-corrected chi connectivity index (χ4v) is 2.10. The molecule has 21 heavy (non-hydrogen) atoms. The van der Waals surface area contributed by atoms with Gasteiger partial charge in [0.05, 0.1) is 18.6 Å². The molecule has 0 heterocycles. The summed E-state index contributed by atoms with van der Waals surface area (Å²) < 4.78 is 0. The van der Waals surface area contributed by atoms with Gasteiger partial charge in [-0.25, -0.2) is 0 Å². The van der Waals surface area contributed by atoms with Crippen LogP contribution in [0.1, 0.15) is 37.4 Å². The molecule has 1 aromatic carbocycles. The maximum absolute atomic E-state index is 11.9. The van der Waals surface area contributed by atoms with Gasteiger partial charge in [0.2, 0.25) is 5.91 Å². The van der Waals surface area contributed by atoms with E-state index in [1.165, 1.54) is 11.1 Å². The first-order valence-electron chi connectivity index (χ1n) is 7.49. The van der Waals surface area contributed by atoms with Crippen LogP contribution in [0.25, 0.3) is 0 Å². The van der Waals surface area contributed by atoms with E-state index in [2.05, 4.69) is 41.4 Å². The fraction of sp³-hybridized carbons (Fsp3) is 0.588. The molecule has 0 radical (unpaired) electrons. The van der Waals surface area contributed by atoms with E-state index in [9.17, 15) is 9.90 Å². The molecule has 0 bridgehead atoms. The Morgan fingerprint density at radius 2 is 1.81 bits per heavy atom. The Hall–Kier alpha value is -1.39. The summed E-state index contributed by atoms with van der Waals surface area (Å²) in [5, 5.41) is 12.7. The van der Waals surface area contributed by atoms with Crippen LogP contribution in [0.3, 0.4) is 0 Å². The number of hydrogen-bond acceptors (Lipinski definition) is 3. The number of carbonyl (C=O) groups is 1. The van der Waals surface area contributed by atoms with Gasteiger partial charge in [-0.2, -0.15) is 0 Å². The number of likely N-dealkylation sites (N-methyl/N-ethyl adjacent to an activating group) is 1. The minimum atomic E-state index is -0.581. The van der Waals surface area contributed by atoms with Crippen LogP contribution in [0.5, 0.6) is 0 Å². The summed E-state index contributed by atoms with van der Waals surface area (Å²) in [5.41, 5.74) is 2.40. The van der Waals surface area contributed by atoms with E-state index in [1.54, 1.807) is 0 Å². The van der Waals surface area contributed by atoms with Crippen molar-refractivity contribution < 1.29 is 9.90 Å². The largest absolute Gasteiger partial charge is 0.392 e. The summed E-state index contributed by atoms with van der Waals surface area (Å²) in [6.45, 7) is 6.42. The zero-order valence-corrected chi connectivity index (χ0v) is 13.8. The highest BCUT2D eigenvalue weighted by molar-refractivity contribution is 5.76. The molecule has 0 aromatic heterocycles.